The molecule has 0 saturated heterocycles. The van der Waals surface area contributed by atoms with Crippen LogP contribution in [-0.2, 0) is 4.79 Å². The van der Waals surface area contributed by atoms with Crippen molar-refractivity contribution in [3.05, 3.63) is 64.2 Å². The fourth-order valence-electron chi connectivity index (χ4n) is 2.15. The standard InChI is InChI=1S/C20H21ClO3/c1-13(2)12-24-17-6-4-5-15(9-17)10-18(20(22)23)16-8-7-14(3)19(21)11-16/h4-11,13H,12H2,1-3H3,(H,22,23)/b18-10-. The number of aryl methyl sites for hydroxylation is 1. The normalized spacial score (nSPS) is 11.6. The van der Waals surface area contributed by atoms with Gasteiger partial charge in [0.15, 0.2) is 0 Å². The van der Waals surface area contributed by atoms with Gasteiger partial charge in [-0.15, -0.1) is 0 Å². The lowest BCUT2D eigenvalue weighted by molar-refractivity contribution is -0.130. The minimum absolute atomic E-state index is 0.193. The third kappa shape index (κ3) is 4.87. The summed E-state index contributed by atoms with van der Waals surface area (Å²) >= 11 is 6.12. The number of halogens is 1. The largest absolute Gasteiger partial charge is 0.493 e. The van der Waals surface area contributed by atoms with Crippen molar-refractivity contribution in [2.45, 2.75) is 20.8 Å². The van der Waals surface area contributed by atoms with Crippen LogP contribution in [0.3, 0.4) is 0 Å². The Bertz CT molecular complexity index is 763. The van der Waals surface area contributed by atoms with Gasteiger partial charge in [0.2, 0.25) is 0 Å². The molecule has 0 radical (unpaired) electrons. The summed E-state index contributed by atoms with van der Waals surface area (Å²) in [6, 6.07) is 12.7. The predicted octanol–water partition coefficient (Wildman–Crippen LogP) is 5.31. The smallest absolute Gasteiger partial charge is 0.336 e. The first-order valence-corrected chi connectivity index (χ1v) is 8.19. The zero-order valence-electron chi connectivity index (χ0n) is 14.0. The highest BCUT2D eigenvalue weighted by molar-refractivity contribution is 6.32. The molecular formula is C20H21ClO3. The van der Waals surface area contributed by atoms with E-state index in [-0.39, 0.29) is 5.57 Å². The van der Waals surface area contributed by atoms with Gasteiger partial charge in [0.05, 0.1) is 12.2 Å². The summed E-state index contributed by atoms with van der Waals surface area (Å²) in [7, 11) is 0. The number of ether oxygens (including phenoxy) is 1. The first kappa shape index (κ1) is 18.1. The Hall–Kier alpha value is -2.26. The van der Waals surface area contributed by atoms with Gasteiger partial charge in [0.1, 0.15) is 5.75 Å². The van der Waals surface area contributed by atoms with E-state index in [1.54, 1.807) is 18.2 Å². The number of rotatable bonds is 6. The fourth-order valence-corrected chi connectivity index (χ4v) is 2.33. The van der Waals surface area contributed by atoms with Crippen molar-refractivity contribution in [3.63, 3.8) is 0 Å². The molecule has 3 nitrogen and oxygen atoms in total. The highest BCUT2D eigenvalue weighted by atomic mass is 35.5. The van der Waals surface area contributed by atoms with Crippen molar-refractivity contribution >= 4 is 29.2 Å². The molecule has 0 aliphatic heterocycles. The molecule has 2 rings (SSSR count). The van der Waals surface area contributed by atoms with Crippen molar-refractivity contribution in [3.8, 4) is 5.75 Å². The number of benzene rings is 2. The van der Waals surface area contributed by atoms with E-state index in [1.165, 1.54) is 0 Å². The van der Waals surface area contributed by atoms with Crippen LogP contribution < -0.4 is 4.74 Å². The highest BCUT2D eigenvalue weighted by Gasteiger charge is 2.12. The molecule has 4 heteroatoms. The molecule has 0 heterocycles. The highest BCUT2D eigenvalue weighted by Crippen LogP contribution is 2.25. The minimum atomic E-state index is -0.997. The molecule has 24 heavy (non-hydrogen) atoms. The zero-order valence-corrected chi connectivity index (χ0v) is 14.8. The Morgan fingerprint density at radius 1 is 1.25 bits per heavy atom. The number of carboxylic acids is 1. The SMILES string of the molecule is Cc1ccc(/C(=C/c2cccc(OCC(C)C)c2)C(=O)O)cc1Cl. The fraction of sp³-hybridized carbons (Fsp3) is 0.250. The summed E-state index contributed by atoms with van der Waals surface area (Å²) in [5.41, 5.74) is 2.45. The summed E-state index contributed by atoms with van der Waals surface area (Å²) < 4.78 is 5.69. The number of carboxylic acid groups (broad SMARTS) is 1. The summed E-state index contributed by atoms with van der Waals surface area (Å²) in [4.78, 5) is 11.7. The molecule has 0 aliphatic carbocycles. The molecule has 2 aromatic rings. The van der Waals surface area contributed by atoms with Crippen molar-refractivity contribution in [2.24, 2.45) is 5.92 Å². The third-order valence-electron chi connectivity index (χ3n) is 3.47. The second-order valence-corrected chi connectivity index (χ2v) is 6.51. The van der Waals surface area contributed by atoms with Crippen molar-refractivity contribution in [1.29, 1.82) is 0 Å². The van der Waals surface area contributed by atoms with Crippen LogP contribution in [0.2, 0.25) is 5.02 Å². The van der Waals surface area contributed by atoms with E-state index >= 15 is 0 Å². The van der Waals surface area contributed by atoms with Gasteiger partial charge in [-0.1, -0.05) is 49.7 Å². The van der Waals surface area contributed by atoms with E-state index in [4.69, 9.17) is 16.3 Å². The molecule has 0 saturated carbocycles. The molecule has 0 spiro atoms. The van der Waals surface area contributed by atoms with E-state index in [9.17, 15) is 9.90 Å². The third-order valence-corrected chi connectivity index (χ3v) is 3.87. The van der Waals surface area contributed by atoms with Crippen LogP contribution in [0.5, 0.6) is 5.75 Å². The summed E-state index contributed by atoms with van der Waals surface area (Å²) in [6.45, 7) is 6.65. The molecular weight excluding hydrogens is 324 g/mol. The number of hydrogen-bond acceptors (Lipinski definition) is 2. The molecule has 126 valence electrons. The molecule has 0 amide bonds. The van der Waals surface area contributed by atoms with Crippen LogP contribution in [0, 0.1) is 12.8 Å². The van der Waals surface area contributed by atoms with Crippen LogP contribution in [-0.4, -0.2) is 17.7 Å². The lowest BCUT2D eigenvalue weighted by Crippen LogP contribution is -2.04. The van der Waals surface area contributed by atoms with Gasteiger partial charge >= 0.3 is 5.97 Å². The molecule has 0 aliphatic rings. The van der Waals surface area contributed by atoms with Crippen molar-refractivity contribution in [1.82, 2.24) is 0 Å². The van der Waals surface area contributed by atoms with Gasteiger partial charge < -0.3 is 9.84 Å². The molecule has 0 unspecified atom stereocenters. The summed E-state index contributed by atoms with van der Waals surface area (Å²) in [5, 5.41) is 10.1. The molecule has 1 N–H and O–H groups in total. The Morgan fingerprint density at radius 2 is 2.00 bits per heavy atom. The van der Waals surface area contributed by atoms with Crippen LogP contribution in [0.25, 0.3) is 11.6 Å². The van der Waals surface area contributed by atoms with Gasteiger partial charge in [0, 0.05) is 5.02 Å². The van der Waals surface area contributed by atoms with Gasteiger partial charge in [-0.05, 0) is 53.8 Å². The van der Waals surface area contributed by atoms with E-state index in [0.717, 1.165) is 16.9 Å². The number of hydrogen-bond donors (Lipinski definition) is 1. The molecule has 0 bridgehead atoms. The van der Waals surface area contributed by atoms with Crippen molar-refractivity contribution < 1.29 is 14.6 Å². The average molecular weight is 345 g/mol. The first-order valence-electron chi connectivity index (χ1n) is 7.81. The van der Waals surface area contributed by atoms with Gasteiger partial charge in [-0.2, -0.15) is 0 Å². The second-order valence-electron chi connectivity index (χ2n) is 6.10. The van der Waals surface area contributed by atoms with Crippen LogP contribution in [0.15, 0.2) is 42.5 Å². The minimum Gasteiger partial charge on any atom is -0.493 e. The van der Waals surface area contributed by atoms with Crippen LogP contribution >= 0.6 is 11.6 Å². The average Bonchev–Trinajstić information content (AvgIpc) is 2.53. The second kappa shape index (κ2) is 8.02. The maximum absolute atomic E-state index is 11.7. The molecule has 0 atom stereocenters. The Morgan fingerprint density at radius 3 is 2.62 bits per heavy atom. The van der Waals surface area contributed by atoms with Crippen LogP contribution in [0.1, 0.15) is 30.5 Å². The Labute approximate surface area is 147 Å². The predicted molar refractivity (Wildman–Crippen MR) is 98.5 cm³/mol. The monoisotopic (exact) mass is 344 g/mol. The Kier molecular flexibility index (Phi) is 6.04. The van der Waals surface area contributed by atoms with E-state index in [0.29, 0.717) is 23.1 Å². The van der Waals surface area contributed by atoms with Gasteiger partial charge in [-0.3, -0.25) is 0 Å². The van der Waals surface area contributed by atoms with Gasteiger partial charge in [-0.25, -0.2) is 4.79 Å². The Balaban J connectivity index is 2.35. The van der Waals surface area contributed by atoms with Crippen molar-refractivity contribution in [2.75, 3.05) is 6.61 Å². The van der Waals surface area contributed by atoms with Gasteiger partial charge in [0.25, 0.3) is 0 Å². The lowest BCUT2D eigenvalue weighted by Gasteiger charge is -2.10. The number of carbonyl (C=O) groups is 1. The first-order chi connectivity index (χ1) is 11.4. The van der Waals surface area contributed by atoms with E-state index in [2.05, 4.69) is 13.8 Å². The van der Waals surface area contributed by atoms with Crippen LogP contribution in [0.4, 0.5) is 0 Å². The molecule has 0 aromatic heterocycles. The number of aliphatic carboxylic acids is 1. The zero-order chi connectivity index (χ0) is 17.7. The van der Waals surface area contributed by atoms with E-state index in [1.807, 2.05) is 37.3 Å². The molecule has 2 aromatic carbocycles. The molecule has 0 fully saturated rings. The lowest BCUT2D eigenvalue weighted by atomic mass is 10.0. The topological polar surface area (TPSA) is 46.5 Å². The maximum atomic E-state index is 11.7. The van der Waals surface area contributed by atoms with E-state index < -0.39 is 5.97 Å². The maximum Gasteiger partial charge on any atom is 0.336 e. The summed E-state index contributed by atoms with van der Waals surface area (Å²) in [5.74, 6) is 0.154. The summed E-state index contributed by atoms with van der Waals surface area (Å²) in [6.07, 6.45) is 1.63. The quantitative estimate of drug-likeness (QED) is 0.570.